The molecule has 2 rings (SSSR count). The van der Waals surface area contributed by atoms with Crippen molar-refractivity contribution >= 4 is 15.8 Å². The van der Waals surface area contributed by atoms with Gasteiger partial charge in [0.05, 0.1) is 7.11 Å². The number of sulfonamides is 1. The summed E-state index contributed by atoms with van der Waals surface area (Å²) < 4.78 is 32.5. The Bertz CT molecular complexity index is 787. The van der Waals surface area contributed by atoms with Gasteiger partial charge in [0, 0.05) is 13.2 Å². The van der Waals surface area contributed by atoms with Crippen molar-refractivity contribution < 1.29 is 13.2 Å². The zero-order chi connectivity index (χ0) is 17.2. The molecule has 0 spiro atoms. The van der Waals surface area contributed by atoms with Gasteiger partial charge in [0.1, 0.15) is 16.5 Å². The molecule has 2 aromatic rings. The lowest BCUT2D eigenvalue weighted by molar-refractivity contribution is 0.402. The summed E-state index contributed by atoms with van der Waals surface area (Å²) in [5, 5.41) is 0. The lowest BCUT2D eigenvalue weighted by Crippen LogP contribution is -2.28. The number of ether oxygens (including phenoxy) is 1. The van der Waals surface area contributed by atoms with Crippen LogP contribution in [0.5, 0.6) is 5.75 Å². The first-order chi connectivity index (χ1) is 10.8. The molecule has 0 N–H and O–H groups in total. The van der Waals surface area contributed by atoms with Crippen LogP contribution in [0.2, 0.25) is 0 Å². The molecule has 0 aliphatic heterocycles. The highest BCUT2D eigenvalue weighted by Gasteiger charge is 2.27. The zero-order valence-corrected chi connectivity index (χ0v) is 14.9. The number of hydrogen-bond acceptors (Lipinski definition) is 4. The number of hydrogen-bond donors (Lipinski definition) is 0. The smallest absolute Gasteiger partial charge is 0.268 e. The van der Waals surface area contributed by atoms with Crippen LogP contribution >= 0.6 is 0 Å². The maximum absolute atomic E-state index is 13.0. The summed E-state index contributed by atoms with van der Waals surface area (Å²) >= 11 is 0. The van der Waals surface area contributed by atoms with Crippen molar-refractivity contribution in [2.45, 2.75) is 31.6 Å². The molecule has 0 unspecified atom stereocenters. The molecular formula is C17H22N2O3S. The fourth-order valence-corrected chi connectivity index (χ4v) is 3.79. The highest BCUT2D eigenvalue weighted by atomic mass is 32.2. The van der Waals surface area contributed by atoms with Gasteiger partial charge >= 0.3 is 0 Å². The number of methoxy groups -OCH3 is 1. The van der Waals surface area contributed by atoms with Crippen LogP contribution in [0.3, 0.4) is 0 Å². The topological polar surface area (TPSA) is 59.5 Å². The molecule has 0 saturated heterocycles. The van der Waals surface area contributed by atoms with E-state index in [1.807, 2.05) is 20.8 Å². The van der Waals surface area contributed by atoms with E-state index in [2.05, 4.69) is 4.98 Å². The molecule has 5 nitrogen and oxygen atoms in total. The summed E-state index contributed by atoms with van der Waals surface area (Å²) in [4.78, 5) is 4.26. The highest BCUT2D eigenvalue weighted by molar-refractivity contribution is 7.92. The average Bonchev–Trinajstić information content (AvgIpc) is 2.53. The van der Waals surface area contributed by atoms with Gasteiger partial charge in [-0.25, -0.2) is 13.4 Å². The minimum atomic E-state index is -3.76. The molecule has 6 heteroatoms. The summed E-state index contributed by atoms with van der Waals surface area (Å²) in [6.07, 6.45) is 1.56. The molecular weight excluding hydrogens is 312 g/mol. The number of pyridine rings is 1. The summed E-state index contributed by atoms with van der Waals surface area (Å²) in [5.74, 6) is 0.922. The predicted octanol–water partition coefficient (Wildman–Crippen LogP) is 3.35. The second-order valence-electron chi connectivity index (χ2n) is 5.67. The second kappa shape index (κ2) is 6.58. The highest BCUT2D eigenvalue weighted by Crippen LogP contribution is 2.33. The minimum absolute atomic E-state index is 0.155. The molecule has 0 atom stereocenters. The van der Waals surface area contributed by atoms with Gasteiger partial charge in [0.2, 0.25) is 0 Å². The van der Waals surface area contributed by atoms with Crippen molar-refractivity contribution in [3.05, 3.63) is 47.7 Å². The van der Waals surface area contributed by atoms with Crippen LogP contribution in [-0.4, -0.2) is 27.6 Å². The van der Waals surface area contributed by atoms with Crippen LogP contribution in [0.25, 0.3) is 0 Å². The Labute approximate surface area is 138 Å². The first-order valence-corrected chi connectivity index (χ1v) is 8.81. The first-order valence-electron chi connectivity index (χ1n) is 7.37. The van der Waals surface area contributed by atoms with E-state index in [4.69, 9.17) is 4.74 Å². The third-order valence-corrected chi connectivity index (χ3v) is 5.57. The molecule has 0 saturated carbocycles. The Hall–Kier alpha value is -2.08. The zero-order valence-electron chi connectivity index (χ0n) is 14.1. The van der Waals surface area contributed by atoms with Crippen LogP contribution < -0.4 is 9.04 Å². The number of rotatable bonds is 5. The van der Waals surface area contributed by atoms with Gasteiger partial charge in [-0.15, -0.1) is 0 Å². The largest absolute Gasteiger partial charge is 0.495 e. The first kappa shape index (κ1) is 17.3. The van der Waals surface area contributed by atoms with Crippen LogP contribution in [-0.2, 0) is 10.0 Å². The second-order valence-corrected chi connectivity index (χ2v) is 7.61. The quantitative estimate of drug-likeness (QED) is 0.841. The standard InChI is InChI=1S/C17H22N2O3S/c1-12(2)14-11-16(15(22-5)10-13(14)3)23(20,21)19(4)17-8-6-7-9-18-17/h6-12H,1-5H3. The molecule has 23 heavy (non-hydrogen) atoms. The predicted molar refractivity (Wildman–Crippen MR) is 91.6 cm³/mol. The van der Waals surface area contributed by atoms with Gasteiger partial charge in [-0.3, -0.25) is 4.31 Å². The van der Waals surface area contributed by atoms with Crippen molar-refractivity contribution in [3.8, 4) is 5.75 Å². The normalized spacial score (nSPS) is 11.6. The van der Waals surface area contributed by atoms with Gasteiger partial charge in [-0.1, -0.05) is 19.9 Å². The van der Waals surface area contributed by atoms with E-state index >= 15 is 0 Å². The van der Waals surface area contributed by atoms with Crippen molar-refractivity contribution in [1.29, 1.82) is 0 Å². The number of anilines is 1. The third kappa shape index (κ3) is 3.32. The Balaban J connectivity index is 2.61. The Morgan fingerprint density at radius 1 is 1.22 bits per heavy atom. The fraction of sp³-hybridized carbons (Fsp3) is 0.353. The summed E-state index contributed by atoms with van der Waals surface area (Å²) in [6, 6.07) is 8.62. The summed E-state index contributed by atoms with van der Waals surface area (Å²) in [7, 11) is -0.794. The van der Waals surface area contributed by atoms with E-state index in [0.717, 1.165) is 11.1 Å². The van der Waals surface area contributed by atoms with Gasteiger partial charge in [-0.2, -0.15) is 0 Å². The van der Waals surface area contributed by atoms with Gasteiger partial charge < -0.3 is 4.74 Å². The van der Waals surface area contributed by atoms with Gasteiger partial charge in [-0.05, 0) is 48.2 Å². The number of benzene rings is 1. The van der Waals surface area contributed by atoms with E-state index in [1.165, 1.54) is 18.5 Å². The number of aromatic nitrogens is 1. The molecule has 124 valence electrons. The molecule has 1 heterocycles. The van der Waals surface area contributed by atoms with Crippen molar-refractivity contribution in [2.24, 2.45) is 0 Å². The molecule has 0 amide bonds. The number of nitrogens with zero attached hydrogens (tertiary/aromatic N) is 2. The lowest BCUT2D eigenvalue weighted by Gasteiger charge is -2.22. The fourth-order valence-electron chi connectivity index (χ4n) is 2.47. The van der Waals surface area contributed by atoms with E-state index in [0.29, 0.717) is 11.6 Å². The molecule has 1 aromatic carbocycles. The van der Waals surface area contributed by atoms with Crippen molar-refractivity contribution in [2.75, 3.05) is 18.5 Å². The van der Waals surface area contributed by atoms with Crippen LogP contribution in [0.15, 0.2) is 41.4 Å². The van der Waals surface area contributed by atoms with Gasteiger partial charge in [0.15, 0.2) is 0 Å². The van der Waals surface area contributed by atoms with Crippen LogP contribution in [0.1, 0.15) is 30.9 Å². The number of aryl methyl sites for hydroxylation is 1. The SMILES string of the molecule is COc1cc(C)c(C(C)C)cc1S(=O)(=O)N(C)c1ccccn1. The van der Waals surface area contributed by atoms with Crippen molar-refractivity contribution in [3.63, 3.8) is 0 Å². The van der Waals surface area contributed by atoms with Crippen LogP contribution in [0.4, 0.5) is 5.82 Å². The monoisotopic (exact) mass is 334 g/mol. The average molecular weight is 334 g/mol. The summed E-state index contributed by atoms with van der Waals surface area (Å²) in [6.45, 7) is 6.03. The van der Waals surface area contributed by atoms with E-state index in [1.54, 1.807) is 36.5 Å². The van der Waals surface area contributed by atoms with Gasteiger partial charge in [0.25, 0.3) is 10.0 Å². The maximum Gasteiger partial charge on any atom is 0.268 e. The molecule has 0 bridgehead atoms. The Morgan fingerprint density at radius 2 is 1.91 bits per heavy atom. The lowest BCUT2D eigenvalue weighted by atomic mass is 9.98. The summed E-state index contributed by atoms with van der Waals surface area (Å²) in [5.41, 5.74) is 2.00. The van der Waals surface area contributed by atoms with E-state index in [9.17, 15) is 8.42 Å². The molecule has 1 aromatic heterocycles. The Morgan fingerprint density at radius 3 is 2.43 bits per heavy atom. The third-order valence-electron chi connectivity index (χ3n) is 3.78. The molecule has 0 aliphatic carbocycles. The maximum atomic E-state index is 13.0. The van der Waals surface area contributed by atoms with Crippen LogP contribution in [0, 0.1) is 6.92 Å². The van der Waals surface area contributed by atoms with E-state index < -0.39 is 10.0 Å². The minimum Gasteiger partial charge on any atom is -0.495 e. The molecule has 0 radical (unpaired) electrons. The van der Waals surface area contributed by atoms with Crippen molar-refractivity contribution in [1.82, 2.24) is 4.98 Å². The molecule has 0 aliphatic rings. The Kier molecular flexibility index (Phi) is 4.94. The molecule has 0 fully saturated rings. The van der Waals surface area contributed by atoms with E-state index in [-0.39, 0.29) is 10.8 Å².